The molecular formula is C6H6CuO3S+2. The molecule has 5 heteroatoms. The molecule has 0 bridgehead atoms. The van der Waals surface area contributed by atoms with E-state index < -0.39 is 10.1 Å². The van der Waals surface area contributed by atoms with E-state index in [0.717, 1.165) is 0 Å². The van der Waals surface area contributed by atoms with Crippen LogP contribution in [0.1, 0.15) is 0 Å². The molecule has 63 valence electrons. The second-order valence-corrected chi connectivity index (χ2v) is 3.21. The molecule has 1 aromatic carbocycles. The average Bonchev–Trinajstić information content (AvgIpc) is 1.88. The summed E-state index contributed by atoms with van der Waals surface area (Å²) >= 11 is 0. The predicted molar refractivity (Wildman–Crippen MR) is 36.3 cm³/mol. The fraction of sp³-hybridized carbons (Fsp3) is 0. The van der Waals surface area contributed by atoms with Crippen molar-refractivity contribution in [2.45, 2.75) is 4.90 Å². The van der Waals surface area contributed by atoms with Gasteiger partial charge in [0.2, 0.25) is 0 Å². The molecule has 0 atom stereocenters. The molecule has 11 heavy (non-hydrogen) atoms. The number of rotatable bonds is 1. The molecule has 0 amide bonds. The summed E-state index contributed by atoms with van der Waals surface area (Å²) in [6.07, 6.45) is 0. The summed E-state index contributed by atoms with van der Waals surface area (Å²) in [6, 6.07) is 7.42. The van der Waals surface area contributed by atoms with Gasteiger partial charge in [0.15, 0.2) is 0 Å². The Kier molecular flexibility index (Phi) is 3.75. The molecule has 0 aliphatic rings. The van der Waals surface area contributed by atoms with E-state index in [-0.39, 0.29) is 22.0 Å². The molecule has 0 saturated heterocycles. The first kappa shape index (κ1) is 10.6. The van der Waals surface area contributed by atoms with Gasteiger partial charge in [-0.2, -0.15) is 8.42 Å². The third-order valence-corrected chi connectivity index (χ3v) is 1.91. The van der Waals surface area contributed by atoms with Crippen LogP contribution in [-0.4, -0.2) is 13.0 Å². The summed E-state index contributed by atoms with van der Waals surface area (Å²) < 4.78 is 29.2. The van der Waals surface area contributed by atoms with Gasteiger partial charge in [-0.05, 0) is 12.1 Å². The summed E-state index contributed by atoms with van der Waals surface area (Å²) in [5.41, 5.74) is 0. The fourth-order valence-corrected chi connectivity index (χ4v) is 1.09. The van der Waals surface area contributed by atoms with Crippen LogP contribution in [0.4, 0.5) is 0 Å². The summed E-state index contributed by atoms with van der Waals surface area (Å²) in [6.45, 7) is 0. The van der Waals surface area contributed by atoms with Crippen LogP contribution in [-0.2, 0) is 27.2 Å². The Morgan fingerprint density at radius 2 is 1.55 bits per heavy atom. The Morgan fingerprint density at radius 1 is 1.09 bits per heavy atom. The Morgan fingerprint density at radius 3 is 1.82 bits per heavy atom. The van der Waals surface area contributed by atoms with Gasteiger partial charge in [0, 0.05) is 0 Å². The van der Waals surface area contributed by atoms with Crippen LogP contribution in [0.3, 0.4) is 0 Å². The molecule has 1 rings (SSSR count). The van der Waals surface area contributed by atoms with E-state index in [1.807, 2.05) is 0 Å². The zero-order chi connectivity index (χ0) is 7.61. The minimum Gasteiger partial charge on any atom is -0.282 e. The Labute approximate surface area is 75.7 Å². The summed E-state index contributed by atoms with van der Waals surface area (Å²) in [4.78, 5) is -0.0741. The molecule has 0 aliphatic carbocycles. The quantitative estimate of drug-likeness (QED) is 0.567. The Hall–Kier alpha value is -0.351. The van der Waals surface area contributed by atoms with Crippen molar-refractivity contribution in [1.29, 1.82) is 0 Å². The molecule has 0 saturated carbocycles. The van der Waals surface area contributed by atoms with Crippen molar-refractivity contribution in [3.05, 3.63) is 30.3 Å². The van der Waals surface area contributed by atoms with E-state index in [0.29, 0.717) is 0 Å². The number of hydrogen-bond donors (Lipinski definition) is 1. The first-order chi connectivity index (χ1) is 4.61. The van der Waals surface area contributed by atoms with E-state index in [9.17, 15) is 8.42 Å². The molecule has 0 aliphatic heterocycles. The van der Waals surface area contributed by atoms with Crippen molar-refractivity contribution in [2.75, 3.05) is 0 Å². The normalized spacial score (nSPS) is 10.3. The molecule has 1 radical (unpaired) electrons. The molecule has 0 fully saturated rings. The van der Waals surface area contributed by atoms with E-state index >= 15 is 0 Å². The summed E-state index contributed by atoms with van der Waals surface area (Å²) in [7, 11) is -4.00. The maximum absolute atomic E-state index is 10.4. The second kappa shape index (κ2) is 3.87. The maximum Gasteiger partial charge on any atom is 2.00 e. The zero-order valence-corrected chi connectivity index (χ0v) is 7.12. The molecule has 1 aromatic rings. The van der Waals surface area contributed by atoms with Gasteiger partial charge >= 0.3 is 17.1 Å². The average molecular weight is 222 g/mol. The van der Waals surface area contributed by atoms with E-state index in [2.05, 4.69) is 0 Å². The smallest absolute Gasteiger partial charge is 0.282 e. The minimum absolute atomic E-state index is 0. The molecule has 3 nitrogen and oxygen atoms in total. The third-order valence-electron chi connectivity index (χ3n) is 1.04. The SMILES string of the molecule is O=S(=O)(O)c1ccccc1.[Cu+2]. The standard InChI is InChI=1S/C6H6O3S.Cu/c7-10(8,9)6-4-2-1-3-5-6;/h1-5H,(H,7,8,9);/q;+2. The molecule has 0 unspecified atom stereocenters. The molecule has 0 heterocycles. The zero-order valence-electron chi connectivity index (χ0n) is 5.36. The topological polar surface area (TPSA) is 54.4 Å². The fourth-order valence-electron chi connectivity index (χ4n) is 0.592. The Bertz CT molecular complexity index is 306. The van der Waals surface area contributed by atoms with Crippen molar-refractivity contribution in [3.63, 3.8) is 0 Å². The van der Waals surface area contributed by atoms with Gasteiger partial charge in [-0.25, -0.2) is 0 Å². The van der Waals surface area contributed by atoms with Gasteiger partial charge in [0.25, 0.3) is 10.1 Å². The van der Waals surface area contributed by atoms with Gasteiger partial charge in [-0.1, -0.05) is 18.2 Å². The first-order valence-corrected chi connectivity index (χ1v) is 4.07. The molecule has 0 aromatic heterocycles. The van der Waals surface area contributed by atoms with Crippen molar-refractivity contribution in [3.8, 4) is 0 Å². The molecule has 1 N–H and O–H groups in total. The first-order valence-electron chi connectivity index (χ1n) is 2.63. The molecular weight excluding hydrogens is 216 g/mol. The monoisotopic (exact) mass is 221 g/mol. The van der Waals surface area contributed by atoms with Gasteiger partial charge < -0.3 is 0 Å². The van der Waals surface area contributed by atoms with Crippen LogP contribution >= 0.6 is 0 Å². The van der Waals surface area contributed by atoms with Crippen LogP contribution in [0.2, 0.25) is 0 Å². The van der Waals surface area contributed by atoms with Gasteiger partial charge in [0.1, 0.15) is 0 Å². The van der Waals surface area contributed by atoms with Crippen molar-refractivity contribution < 1.29 is 30.0 Å². The van der Waals surface area contributed by atoms with E-state index in [1.54, 1.807) is 18.2 Å². The predicted octanol–water partition coefficient (Wildman–Crippen LogP) is 0.931. The van der Waals surface area contributed by atoms with Gasteiger partial charge in [-0.15, -0.1) is 0 Å². The number of benzene rings is 1. The largest absolute Gasteiger partial charge is 2.00 e. The van der Waals surface area contributed by atoms with Crippen molar-refractivity contribution in [1.82, 2.24) is 0 Å². The van der Waals surface area contributed by atoms with Crippen LogP contribution < -0.4 is 0 Å². The van der Waals surface area contributed by atoms with Crippen molar-refractivity contribution in [2.24, 2.45) is 0 Å². The molecule has 0 spiro atoms. The van der Waals surface area contributed by atoms with Crippen LogP contribution in [0.5, 0.6) is 0 Å². The van der Waals surface area contributed by atoms with Gasteiger partial charge in [0.05, 0.1) is 4.90 Å². The van der Waals surface area contributed by atoms with Crippen LogP contribution in [0, 0.1) is 0 Å². The van der Waals surface area contributed by atoms with Gasteiger partial charge in [-0.3, -0.25) is 4.55 Å². The minimum atomic E-state index is -4.00. The maximum atomic E-state index is 10.4. The van der Waals surface area contributed by atoms with Crippen molar-refractivity contribution >= 4 is 10.1 Å². The van der Waals surface area contributed by atoms with Crippen LogP contribution in [0.15, 0.2) is 35.2 Å². The van der Waals surface area contributed by atoms with E-state index in [4.69, 9.17) is 4.55 Å². The second-order valence-electron chi connectivity index (χ2n) is 1.79. The van der Waals surface area contributed by atoms with Crippen LogP contribution in [0.25, 0.3) is 0 Å². The summed E-state index contributed by atoms with van der Waals surface area (Å²) in [5, 5.41) is 0. The Balaban J connectivity index is 0.000001000. The van der Waals surface area contributed by atoms with E-state index in [1.165, 1.54) is 12.1 Å². The third kappa shape index (κ3) is 3.03. The number of hydrogen-bond acceptors (Lipinski definition) is 2. The summed E-state index contributed by atoms with van der Waals surface area (Å²) in [5.74, 6) is 0.